The molecule has 228 valence electrons. The Morgan fingerprint density at radius 3 is 2.02 bits per heavy atom. The van der Waals surface area contributed by atoms with Crippen LogP contribution in [-0.2, 0) is 0 Å². The standard InChI is InChI=1S/C43H31N5/c1-3-15-28(4-2)41-44-42(30-17-7-5-8-18-30)46-43(45-41)48-36-23-14-13-22-33(36)34-25-26-35-38-32-21-12-11-16-29(32)24-27-37(38)47(40(35)39(34)48)31-19-9-6-10-20-31/h3-27H,1-2H3. The van der Waals surface area contributed by atoms with Crippen LogP contribution in [0.2, 0.25) is 0 Å². The van der Waals surface area contributed by atoms with Gasteiger partial charge in [0.2, 0.25) is 5.95 Å². The third kappa shape index (κ3) is 4.21. The Morgan fingerprint density at radius 1 is 0.542 bits per heavy atom. The third-order valence-corrected chi connectivity index (χ3v) is 9.24. The Balaban J connectivity index is 1.50. The molecule has 0 aliphatic carbocycles. The molecule has 0 saturated heterocycles. The molecule has 5 heteroatoms. The van der Waals surface area contributed by atoms with E-state index in [1.54, 1.807) is 0 Å². The Bertz CT molecular complexity index is 2730. The first kappa shape index (κ1) is 27.9. The molecule has 0 unspecified atom stereocenters. The van der Waals surface area contributed by atoms with Gasteiger partial charge in [-0.25, -0.2) is 4.98 Å². The monoisotopic (exact) mass is 617 g/mol. The average molecular weight is 618 g/mol. The summed E-state index contributed by atoms with van der Waals surface area (Å²) in [4.78, 5) is 15.4. The number of benzene rings is 6. The summed E-state index contributed by atoms with van der Waals surface area (Å²) in [5.41, 5.74) is 7.35. The lowest BCUT2D eigenvalue weighted by atomic mass is 10.0. The second-order valence-corrected chi connectivity index (χ2v) is 12.0. The maximum Gasteiger partial charge on any atom is 0.238 e. The molecule has 0 radical (unpaired) electrons. The van der Waals surface area contributed by atoms with E-state index in [2.05, 4.69) is 137 Å². The van der Waals surface area contributed by atoms with Crippen LogP contribution in [0.1, 0.15) is 19.7 Å². The fourth-order valence-corrected chi connectivity index (χ4v) is 7.16. The fourth-order valence-electron chi connectivity index (χ4n) is 7.16. The van der Waals surface area contributed by atoms with E-state index >= 15 is 0 Å². The first-order chi connectivity index (χ1) is 23.7. The Hall–Kier alpha value is -6.33. The van der Waals surface area contributed by atoms with Crippen molar-refractivity contribution in [2.24, 2.45) is 0 Å². The minimum Gasteiger partial charge on any atom is -0.307 e. The maximum absolute atomic E-state index is 5.22. The molecular formula is C43H31N5. The van der Waals surface area contributed by atoms with E-state index in [9.17, 15) is 0 Å². The number of hydrogen-bond donors (Lipinski definition) is 0. The molecule has 0 bridgehead atoms. The van der Waals surface area contributed by atoms with Crippen LogP contribution in [0.3, 0.4) is 0 Å². The maximum atomic E-state index is 5.22. The molecule has 5 nitrogen and oxygen atoms in total. The summed E-state index contributed by atoms with van der Waals surface area (Å²) in [6.45, 7) is 4.03. The average Bonchev–Trinajstić information content (AvgIpc) is 3.68. The summed E-state index contributed by atoms with van der Waals surface area (Å²) in [5, 5.41) is 7.15. The van der Waals surface area contributed by atoms with Gasteiger partial charge in [-0.05, 0) is 48.9 Å². The van der Waals surface area contributed by atoms with E-state index in [0.29, 0.717) is 17.6 Å². The molecule has 0 saturated carbocycles. The van der Waals surface area contributed by atoms with Gasteiger partial charge in [0, 0.05) is 38.4 Å². The number of hydrogen-bond acceptors (Lipinski definition) is 3. The lowest BCUT2D eigenvalue weighted by Crippen LogP contribution is -2.08. The second-order valence-electron chi connectivity index (χ2n) is 12.0. The molecule has 0 aliphatic rings. The molecular weight excluding hydrogens is 587 g/mol. The normalized spacial score (nSPS) is 12.4. The third-order valence-electron chi connectivity index (χ3n) is 9.24. The van der Waals surface area contributed by atoms with Crippen molar-refractivity contribution in [3.05, 3.63) is 158 Å². The number of nitrogens with zero attached hydrogens (tertiary/aromatic N) is 5. The molecule has 0 spiro atoms. The molecule has 0 aliphatic heterocycles. The second kappa shape index (κ2) is 11.2. The predicted octanol–water partition coefficient (Wildman–Crippen LogP) is 10.9. The van der Waals surface area contributed by atoms with Gasteiger partial charge in [-0.1, -0.05) is 127 Å². The zero-order chi connectivity index (χ0) is 32.2. The molecule has 9 aromatic rings. The molecule has 6 aromatic carbocycles. The first-order valence-corrected chi connectivity index (χ1v) is 16.3. The zero-order valence-corrected chi connectivity index (χ0v) is 26.7. The quantitative estimate of drug-likeness (QED) is 0.181. The van der Waals surface area contributed by atoms with E-state index in [1.807, 2.05) is 38.1 Å². The van der Waals surface area contributed by atoms with Gasteiger partial charge < -0.3 is 4.57 Å². The van der Waals surface area contributed by atoms with Crippen molar-refractivity contribution in [3.8, 4) is 23.0 Å². The van der Waals surface area contributed by atoms with Crippen molar-refractivity contribution in [1.29, 1.82) is 0 Å². The Kier molecular flexibility index (Phi) is 6.51. The van der Waals surface area contributed by atoms with Crippen LogP contribution in [0.15, 0.2) is 152 Å². The Morgan fingerprint density at radius 2 is 1.23 bits per heavy atom. The topological polar surface area (TPSA) is 48.5 Å². The lowest BCUT2D eigenvalue weighted by molar-refractivity contribution is 0.932. The van der Waals surface area contributed by atoms with Gasteiger partial charge in [0.1, 0.15) is 0 Å². The minimum atomic E-state index is 0.580. The smallest absolute Gasteiger partial charge is 0.238 e. The Labute approximate surface area is 277 Å². The van der Waals surface area contributed by atoms with Crippen LogP contribution in [0.25, 0.3) is 83.0 Å². The van der Waals surface area contributed by atoms with Crippen LogP contribution in [0.5, 0.6) is 0 Å². The number of allylic oxidation sites excluding steroid dienone is 4. The summed E-state index contributed by atoms with van der Waals surface area (Å²) in [7, 11) is 0. The zero-order valence-electron chi connectivity index (χ0n) is 26.7. The molecule has 3 heterocycles. The largest absolute Gasteiger partial charge is 0.307 e. The van der Waals surface area contributed by atoms with E-state index in [4.69, 9.17) is 15.0 Å². The van der Waals surface area contributed by atoms with E-state index in [-0.39, 0.29) is 0 Å². The van der Waals surface area contributed by atoms with Crippen LogP contribution in [0, 0.1) is 0 Å². The van der Waals surface area contributed by atoms with Gasteiger partial charge >= 0.3 is 0 Å². The molecule has 0 amide bonds. The van der Waals surface area contributed by atoms with E-state index in [0.717, 1.165) is 49.7 Å². The highest BCUT2D eigenvalue weighted by Gasteiger charge is 2.24. The predicted molar refractivity (Wildman–Crippen MR) is 200 cm³/mol. The van der Waals surface area contributed by atoms with Gasteiger partial charge in [0.15, 0.2) is 11.6 Å². The van der Waals surface area contributed by atoms with Crippen LogP contribution in [0.4, 0.5) is 0 Å². The fraction of sp³-hybridized carbons (Fsp3) is 0.0465. The summed E-state index contributed by atoms with van der Waals surface area (Å²) in [6.07, 6.45) is 6.13. The van der Waals surface area contributed by atoms with Gasteiger partial charge in [-0.2, -0.15) is 9.97 Å². The van der Waals surface area contributed by atoms with E-state index in [1.165, 1.54) is 21.5 Å². The highest BCUT2D eigenvalue weighted by Crippen LogP contribution is 2.43. The molecule has 3 aromatic heterocycles. The highest BCUT2D eigenvalue weighted by molar-refractivity contribution is 6.28. The first-order valence-electron chi connectivity index (χ1n) is 16.3. The lowest BCUT2D eigenvalue weighted by Gasteiger charge is -2.13. The van der Waals surface area contributed by atoms with Gasteiger partial charge in [-0.3, -0.25) is 4.57 Å². The molecule has 48 heavy (non-hydrogen) atoms. The van der Waals surface area contributed by atoms with Crippen molar-refractivity contribution in [2.45, 2.75) is 13.8 Å². The number of fused-ring (bicyclic) bond motifs is 9. The summed E-state index contributed by atoms with van der Waals surface area (Å²) in [5.74, 6) is 1.84. The molecule has 0 atom stereocenters. The van der Waals surface area contributed by atoms with Crippen molar-refractivity contribution >= 4 is 60.0 Å². The van der Waals surface area contributed by atoms with Gasteiger partial charge in [-0.15, -0.1) is 0 Å². The minimum absolute atomic E-state index is 0.580. The van der Waals surface area contributed by atoms with Crippen LogP contribution >= 0.6 is 0 Å². The molecule has 0 fully saturated rings. The van der Waals surface area contributed by atoms with E-state index < -0.39 is 0 Å². The van der Waals surface area contributed by atoms with Crippen LogP contribution in [-0.4, -0.2) is 24.1 Å². The van der Waals surface area contributed by atoms with Crippen LogP contribution < -0.4 is 0 Å². The highest BCUT2D eigenvalue weighted by atomic mass is 15.2. The SMILES string of the molecule is CC=CC(=CC)c1nc(-c2ccccc2)nc(-n2c3ccccc3c3ccc4c5c6ccccc6ccc5n(-c5ccccc5)c4c32)n1. The van der Waals surface area contributed by atoms with Gasteiger partial charge in [0.25, 0.3) is 0 Å². The summed E-state index contributed by atoms with van der Waals surface area (Å²) >= 11 is 0. The molecule has 9 rings (SSSR count). The van der Waals surface area contributed by atoms with Crippen molar-refractivity contribution < 1.29 is 0 Å². The number of aromatic nitrogens is 5. The van der Waals surface area contributed by atoms with Gasteiger partial charge in [0.05, 0.1) is 22.1 Å². The van der Waals surface area contributed by atoms with Crippen molar-refractivity contribution in [3.63, 3.8) is 0 Å². The summed E-state index contributed by atoms with van der Waals surface area (Å²) < 4.78 is 4.65. The molecule has 0 N–H and O–H groups in total. The van der Waals surface area contributed by atoms with Crippen molar-refractivity contribution in [2.75, 3.05) is 0 Å². The van der Waals surface area contributed by atoms with Crippen molar-refractivity contribution in [1.82, 2.24) is 24.1 Å². The number of rotatable bonds is 5. The number of para-hydroxylation sites is 2. The summed E-state index contributed by atoms with van der Waals surface area (Å²) in [6, 6.07) is 47.1.